The first-order chi connectivity index (χ1) is 8.00. The quantitative estimate of drug-likeness (QED) is 0.678. The molecule has 4 N–H and O–H groups in total. The molecule has 1 aromatic rings. The van der Waals surface area contributed by atoms with Gasteiger partial charge in [-0.2, -0.15) is 0 Å². The Kier molecular flexibility index (Phi) is 4.53. The van der Waals surface area contributed by atoms with Gasteiger partial charge in [0.05, 0.1) is 17.1 Å². The van der Waals surface area contributed by atoms with Gasteiger partial charge in [0.25, 0.3) is 0 Å². The zero-order chi connectivity index (χ0) is 12.8. The van der Waals surface area contributed by atoms with Gasteiger partial charge in [-0.1, -0.05) is 11.6 Å². The molecule has 0 aromatic carbocycles. The molecule has 0 aliphatic rings. The molecular formula is C9H10ClN3O4. The second kappa shape index (κ2) is 5.90. The fourth-order valence-electron chi connectivity index (χ4n) is 1.03. The SMILES string of the molecule is NC(=O)OCCNc1cc(C(=O)O)c(Cl)cn1. The normalized spacial score (nSPS) is 9.71. The van der Waals surface area contributed by atoms with E-state index in [0.717, 1.165) is 0 Å². The van der Waals surface area contributed by atoms with E-state index in [1.54, 1.807) is 0 Å². The number of amides is 1. The highest BCUT2D eigenvalue weighted by atomic mass is 35.5. The lowest BCUT2D eigenvalue weighted by atomic mass is 10.2. The third-order valence-electron chi connectivity index (χ3n) is 1.74. The van der Waals surface area contributed by atoms with Gasteiger partial charge < -0.3 is 20.9 Å². The van der Waals surface area contributed by atoms with Crippen molar-refractivity contribution in [1.82, 2.24) is 4.98 Å². The molecule has 1 rings (SSSR count). The second-order valence-electron chi connectivity index (χ2n) is 2.95. The first-order valence-corrected chi connectivity index (χ1v) is 4.93. The van der Waals surface area contributed by atoms with Crippen LogP contribution in [0.2, 0.25) is 5.02 Å². The van der Waals surface area contributed by atoms with Crippen molar-refractivity contribution in [3.63, 3.8) is 0 Å². The van der Waals surface area contributed by atoms with Gasteiger partial charge >= 0.3 is 12.1 Å². The third-order valence-corrected chi connectivity index (χ3v) is 2.04. The summed E-state index contributed by atoms with van der Waals surface area (Å²) in [6, 6.07) is 1.29. The molecule has 0 aliphatic carbocycles. The molecule has 0 unspecified atom stereocenters. The van der Waals surface area contributed by atoms with Crippen LogP contribution in [0.25, 0.3) is 0 Å². The minimum absolute atomic E-state index is 0.0523. The summed E-state index contributed by atoms with van der Waals surface area (Å²) in [5.74, 6) is -0.825. The smallest absolute Gasteiger partial charge is 0.404 e. The number of aromatic carboxylic acids is 1. The summed E-state index contributed by atoms with van der Waals surface area (Å²) in [6.45, 7) is 0.318. The second-order valence-corrected chi connectivity index (χ2v) is 3.36. The van der Waals surface area contributed by atoms with Gasteiger partial charge in [0.1, 0.15) is 12.4 Å². The van der Waals surface area contributed by atoms with Gasteiger partial charge in [0, 0.05) is 6.20 Å². The Hall–Kier alpha value is -2.02. The van der Waals surface area contributed by atoms with E-state index in [1.165, 1.54) is 12.3 Å². The zero-order valence-electron chi connectivity index (χ0n) is 8.64. The number of ether oxygens (including phenoxy) is 1. The Balaban J connectivity index is 2.57. The number of nitrogens with one attached hydrogen (secondary N) is 1. The fraction of sp³-hybridized carbons (Fsp3) is 0.222. The van der Waals surface area contributed by atoms with E-state index < -0.39 is 12.1 Å². The molecule has 0 bridgehead atoms. The highest BCUT2D eigenvalue weighted by molar-refractivity contribution is 6.33. The number of hydrogen-bond acceptors (Lipinski definition) is 5. The molecule has 8 heteroatoms. The number of carbonyl (C=O) groups is 2. The van der Waals surface area contributed by atoms with E-state index in [1.807, 2.05) is 0 Å². The molecule has 17 heavy (non-hydrogen) atoms. The zero-order valence-corrected chi connectivity index (χ0v) is 9.40. The van der Waals surface area contributed by atoms with Crippen molar-refractivity contribution in [3.8, 4) is 0 Å². The lowest BCUT2D eigenvalue weighted by Crippen LogP contribution is -2.18. The van der Waals surface area contributed by atoms with Crippen LogP contribution in [0, 0.1) is 0 Å². The van der Waals surface area contributed by atoms with Gasteiger partial charge in [-0.15, -0.1) is 0 Å². The largest absolute Gasteiger partial charge is 0.478 e. The van der Waals surface area contributed by atoms with Crippen LogP contribution in [-0.2, 0) is 4.74 Å². The number of primary amides is 1. The number of carbonyl (C=O) groups excluding carboxylic acids is 1. The molecule has 0 radical (unpaired) electrons. The van der Waals surface area contributed by atoms with Crippen molar-refractivity contribution < 1.29 is 19.4 Å². The monoisotopic (exact) mass is 259 g/mol. The summed E-state index contributed by atoms with van der Waals surface area (Å²) >= 11 is 5.64. The average molecular weight is 260 g/mol. The molecule has 7 nitrogen and oxygen atoms in total. The summed E-state index contributed by atoms with van der Waals surface area (Å²) in [5, 5.41) is 11.6. The Bertz CT molecular complexity index is 438. The molecule has 0 saturated carbocycles. The van der Waals surface area contributed by atoms with Crippen LogP contribution in [0.5, 0.6) is 0 Å². The van der Waals surface area contributed by atoms with Crippen molar-refractivity contribution in [2.24, 2.45) is 5.73 Å². The van der Waals surface area contributed by atoms with E-state index in [9.17, 15) is 9.59 Å². The average Bonchev–Trinajstić information content (AvgIpc) is 2.25. The summed E-state index contributed by atoms with van der Waals surface area (Å²) in [7, 11) is 0. The molecule has 0 saturated heterocycles. The van der Waals surface area contributed by atoms with Crippen molar-refractivity contribution in [2.45, 2.75) is 0 Å². The number of nitrogens with zero attached hydrogens (tertiary/aromatic N) is 1. The third kappa shape index (κ3) is 4.15. The van der Waals surface area contributed by atoms with Crippen molar-refractivity contribution in [3.05, 3.63) is 22.8 Å². The van der Waals surface area contributed by atoms with Crippen molar-refractivity contribution >= 4 is 29.5 Å². The van der Waals surface area contributed by atoms with Crippen LogP contribution in [-0.4, -0.2) is 35.3 Å². The van der Waals surface area contributed by atoms with Crippen LogP contribution in [0.4, 0.5) is 10.6 Å². The van der Waals surface area contributed by atoms with Crippen LogP contribution >= 0.6 is 11.6 Å². The number of carboxylic acid groups (broad SMARTS) is 1. The molecular weight excluding hydrogens is 250 g/mol. The van der Waals surface area contributed by atoms with Gasteiger partial charge in [-0.05, 0) is 6.07 Å². The number of nitrogens with two attached hydrogens (primary N) is 1. The predicted molar refractivity (Wildman–Crippen MR) is 60.2 cm³/mol. The van der Waals surface area contributed by atoms with E-state index in [4.69, 9.17) is 22.4 Å². The molecule has 92 valence electrons. The number of rotatable bonds is 5. The Morgan fingerprint density at radius 1 is 1.59 bits per heavy atom. The standard InChI is InChI=1S/C9H10ClN3O4/c10-6-4-13-7(3-5(6)8(14)15)12-1-2-17-9(11)16/h3-4H,1-2H2,(H2,11,16)(H,12,13)(H,14,15). The minimum atomic E-state index is -1.14. The van der Waals surface area contributed by atoms with E-state index in [2.05, 4.69) is 15.0 Å². The van der Waals surface area contributed by atoms with Crippen LogP contribution in [0.15, 0.2) is 12.3 Å². The Labute approximate surface area is 102 Å². The first-order valence-electron chi connectivity index (χ1n) is 4.55. The Morgan fingerprint density at radius 2 is 2.29 bits per heavy atom. The topological polar surface area (TPSA) is 115 Å². The fourth-order valence-corrected chi connectivity index (χ4v) is 1.21. The predicted octanol–water partition coefficient (Wildman–Crippen LogP) is 0.940. The number of halogens is 1. The summed E-state index contributed by atoms with van der Waals surface area (Å²) in [6.07, 6.45) is 0.351. The number of hydrogen-bond donors (Lipinski definition) is 3. The molecule has 1 amide bonds. The molecule has 0 atom stereocenters. The number of pyridine rings is 1. The van der Waals surface area contributed by atoms with Crippen LogP contribution < -0.4 is 11.1 Å². The van der Waals surface area contributed by atoms with Gasteiger partial charge in [0.15, 0.2) is 0 Å². The molecule has 0 spiro atoms. The van der Waals surface area contributed by atoms with Crippen molar-refractivity contribution in [2.75, 3.05) is 18.5 Å². The Morgan fingerprint density at radius 3 is 2.88 bits per heavy atom. The van der Waals surface area contributed by atoms with Gasteiger partial charge in [-0.3, -0.25) is 0 Å². The highest BCUT2D eigenvalue weighted by Crippen LogP contribution is 2.17. The molecule has 1 aromatic heterocycles. The molecule has 0 aliphatic heterocycles. The molecule has 1 heterocycles. The van der Waals surface area contributed by atoms with E-state index in [-0.39, 0.29) is 23.7 Å². The number of aromatic nitrogens is 1. The maximum absolute atomic E-state index is 10.8. The van der Waals surface area contributed by atoms with Crippen molar-refractivity contribution in [1.29, 1.82) is 0 Å². The maximum atomic E-state index is 10.8. The van der Waals surface area contributed by atoms with E-state index in [0.29, 0.717) is 5.82 Å². The summed E-state index contributed by atoms with van der Waals surface area (Å²) < 4.78 is 4.47. The summed E-state index contributed by atoms with van der Waals surface area (Å²) in [5.41, 5.74) is 4.70. The first kappa shape index (κ1) is 13.0. The maximum Gasteiger partial charge on any atom is 0.404 e. The minimum Gasteiger partial charge on any atom is -0.478 e. The number of carboxylic acids is 1. The summed E-state index contributed by atoms with van der Waals surface area (Å²) in [4.78, 5) is 24.9. The van der Waals surface area contributed by atoms with Gasteiger partial charge in [0.2, 0.25) is 0 Å². The van der Waals surface area contributed by atoms with E-state index >= 15 is 0 Å². The lowest BCUT2D eigenvalue weighted by molar-refractivity contribution is 0.0697. The number of anilines is 1. The van der Waals surface area contributed by atoms with Crippen LogP contribution in [0.1, 0.15) is 10.4 Å². The van der Waals surface area contributed by atoms with Gasteiger partial charge in [-0.25, -0.2) is 14.6 Å². The van der Waals surface area contributed by atoms with Crippen LogP contribution in [0.3, 0.4) is 0 Å². The lowest BCUT2D eigenvalue weighted by Gasteiger charge is -2.06. The highest BCUT2D eigenvalue weighted by Gasteiger charge is 2.10. The molecule has 0 fully saturated rings.